The van der Waals surface area contributed by atoms with Gasteiger partial charge in [-0.15, -0.1) is 0 Å². The number of piperazine rings is 1. The summed E-state index contributed by atoms with van der Waals surface area (Å²) in [6.07, 6.45) is 18.7. The minimum atomic E-state index is 0.821. The summed E-state index contributed by atoms with van der Waals surface area (Å²) in [6.45, 7) is 7.27. The van der Waals surface area contributed by atoms with Gasteiger partial charge in [0.25, 0.3) is 0 Å². The van der Waals surface area contributed by atoms with Gasteiger partial charge in [0.2, 0.25) is 0 Å². The lowest BCUT2D eigenvalue weighted by atomic mass is 9.88. The van der Waals surface area contributed by atoms with Crippen molar-refractivity contribution in [3.05, 3.63) is 0 Å². The largest absolute Gasteiger partial charge is 0.309 e. The second kappa shape index (κ2) is 10.6. The van der Waals surface area contributed by atoms with Crippen LogP contribution in [0.4, 0.5) is 0 Å². The number of hydrogen-bond acceptors (Lipinski definition) is 2. The molecule has 0 spiro atoms. The normalized spacial score (nSPS) is 24.7. The first-order valence-electron chi connectivity index (χ1n) is 10.3. The summed E-state index contributed by atoms with van der Waals surface area (Å²) in [5.41, 5.74) is 0. The quantitative estimate of drug-likeness (QED) is 0.475. The Labute approximate surface area is 139 Å². The zero-order valence-electron chi connectivity index (χ0n) is 15.3. The molecule has 130 valence electrons. The minimum absolute atomic E-state index is 0.821. The molecular weight excluding hydrogens is 268 g/mol. The Kier molecular flexibility index (Phi) is 8.84. The Bertz CT molecular complexity index is 249. The fourth-order valence-electron chi connectivity index (χ4n) is 4.32. The lowest BCUT2D eigenvalue weighted by Gasteiger charge is -2.51. The standard InChI is InChI=1S/C20H40N2/c1-3-5-7-9-11-13-20(14-12-10-8-6-4-2)22-16-18-15-19(17-22)21-18/h18-21H,3-17H2,1-2H3. The van der Waals surface area contributed by atoms with Gasteiger partial charge in [-0.2, -0.15) is 0 Å². The minimum Gasteiger partial charge on any atom is -0.309 e. The zero-order chi connectivity index (χ0) is 15.6. The number of piperidine rings is 1. The molecule has 2 nitrogen and oxygen atoms in total. The Morgan fingerprint density at radius 3 is 1.68 bits per heavy atom. The van der Waals surface area contributed by atoms with Crippen LogP contribution in [0.15, 0.2) is 0 Å². The Hall–Kier alpha value is -0.0800. The molecule has 3 saturated heterocycles. The molecule has 0 aliphatic carbocycles. The number of fused-ring (bicyclic) bond motifs is 2. The van der Waals surface area contributed by atoms with E-state index < -0.39 is 0 Å². The first-order chi connectivity index (χ1) is 10.8. The maximum atomic E-state index is 3.69. The smallest absolute Gasteiger partial charge is 0.0213 e. The maximum absolute atomic E-state index is 3.69. The third-order valence-electron chi connectivity index (χ3n) is 5.75. The van der Waals surface area contributed by atoms with Gasteiger partial charge in [0.05, 0.1) is 0 Å². The van der Waals surface area contributed by atoms with Crippen LogP contribution in [0.25, 0.3) is 0 Å². The molecule has 2 bridgehead atoms. The van der Waals surface area contributed by atoms with Crippen LogP contribution in [-0.2, 0) is 0 Å². The van der Waals surface area contributed by atoms with E-state index >= 15 is 0 Å². The second-order valence-corrected chi connectivity index (χ2v) is 7.81. The predicted molar refractivity (Wildman–Crippen MR) is 97.4 cm³/mol. The highest BCUT2D eigenvalue weighted by atomic mass is 15.3. The van der Waals surface area contributed by atoms with E-state index in [0.29, 0.717) is 0 Å². The van der Waals surface area contributed by atoms with Gasteiger partial charge in [0, 0.05) is 31.2 Å². The van der Waals surface area contributed by atoms with Crippen molar-refractivity contribution in [2.45, 2.75) is 115 Å². The molecule has 2 heteroatoms. The summed E-state index contributed by atoms with van der Waals surface area (Å²) in [6, 6.07) is 2.53. The van der Waals surface area contributed by atoms with Gasteiger partial charge in [-0.1, -0.05) is 78.1 Å². The van der Waals surface area contributed by atoms with E-state index in [2.05, 4.69) is 24.1 Å². The highest BCUT2D eigenvalue weighted by molar-refractivity contribution is 4.99. The Morgan fingerprint density at radius 1 is 0.773 bits per heavy atom. The highest BCUT2D eigenvalue weighted by Gasteiger charge is 2.38. The van der Waals surface area contributed by atoms with Gasteiger partial charge in [-0.25, -0.2) is 0 Å². The van der Waals surface area contributed by atoms with E-state index in [1.807, 2.05) is 0 Å². The fraction of sp³-hybridized carbons (Fsp3) is 1.00. The van der Waals surface area contributed by atoms with Crippen molar-refractivity contribution < 1.29 is 0 Å². The zero-order valence-corrected chi connectivity index (χ0v) is 15.3. The predicted octanol–water partition coefficient (Wildman–Crippen LogP) is 5.12. The summed E-state index contributed by atoms with van der Waals surface area (Å²) in [5, 5.41) is 3.69. The van der Waals surface area contributed by atoms with Crippen molar-refractivity contribution in [3.63, 3.8) is 0 Å². The summed E-state index contributed by atoms with van der Waals surface area (Å²) in [5.74, 6) is 0. The van der Waals surface area contributed by atoms with Crippen LogP contribution in [0.3, 0.4) is 0 Å². The van der Waals surface area contributed by atoms with E-state index in [4.69, 9.17) is 0 Å². The van der Waals surface area contributed by atoms with Crippen LogP contribution in [0, 0.1) is 0 Å². The van der Waals surface area contributed by atoms with E-state index in [0.717, 1.165) is 18.1 Å². The van der Waals surface area contributed by atoms with Gasteiger partial charge < -0.3 is 5.32 Å². The van der Waals surface area contributed by atoms with E-state index in [-0.39, 0.29) is 0 Å². The number of hydrogen-bond donors (Lipinski definition) is 1. The number of unbranched alkanes of at least 4 members (excludes halogenated alkanes) is 8. The van der Waals surface area contributed by atoms with Gasteiger partial charge in [-0.3, -0.25) is 4.90 Å². The van der Waals surface area contributed by atoms with Crippen molar-refractivity contribution in [2.24, 2.45) is 0 Å². The number of rotatable bonds is 13. The molecule has 3 aliphatic rings. The summed E-state index contributed by atoms with van der Waals surface area (Å²) in [4.78, 5) is 2.84. The first-order valence-corrected chi connectivity index (χ1v) is 10.3. The Balaban J connectivity index is 1.66. The fourth-order valence-corrected chi connectivity index (χ4v) is 4.32. The van der Waals surface area contributed by atoms with Crippen LogP contribution in [0.2, 0.25) is 0 Å². The van der Waals surface area contributed by atoms with Crippen molar-refractivity contribution in [3.8, 4) is 0 Å². The maximum Gasteiger partial charge on any atom is 0.0213 e. The second-order valence-electron chi connectivity index (χ2n) is 7.81. The average molecular weight is 309 g/mol. The van der Waals surface area contributed by atoms with Crippen molar-refractivity contribution in [1.82, 2.24) is 10.2 Å². The molecule has 22 heavy (non-hydrogen) atoms. The van der Waals surface area contributed by atoms with Crippen molar-refractivity contribution in [1.29, 1.82) is 0 Å². The van der Waals surface area contributed by atoms with E-state index in [1.165, 1.54) is 96.6 Å². The van der Waals surface area contributed by atoms with Gasteiger partial charge >= 0.3 is 0 Å². The molecule has 3 aliphatic heterocycles. The molecule has 3 heterocycles. The molecule has 2 atom stereocenters. The summed E-state index contributed by atoms with van der Waals surface area (Å²) in [7, 11) is 0. The topological polar surface area (TPSA) is 15.3 Å². The molecule has 0 saturated carbocycles. The molecule has 0 aromatic heterocycles. The molecule has 3 fully saturated rings. The molecule has 0 aromatic carbocycles. The Morgan fingerprint density at radius 2 is 1.23 bits per heavy atom. The van der Waals surface area contributed by atoms with Crippen LogP contribution in [0.5, 0.6) is 0 Å². The first kappa shape index (κ1) is 18.3. The number of nitrogens with zero attached hydrogens (tertiary/aromatic N) is 1. The van der Waals surface area contributed by atoms with Crippen LogP contribution >= 0.6 is 0 Å². The monoisotopic (exact) mass is 308 g/mol. The van der Waals surface area contributed by atoms with Gasteiger partial charge in [-0.05, 0) is 19.3 Å². The SMILES string of the molecule is CCCCCCCC(CCCCCCC)N1CC2CC(C1)N2. The molecule has 2 unspecified atom stereocenters. The van der Waals surface area contributed by atoms with Crippen LogP contribution in [0.1, 0.15) is 97.3 Å². The third-order valence-corrected chi connectivity index (χ3v) is 5.75. The average Bonchev–Trinajstić information content (AvgIpc) is 2.52. The van der Waals surface area contributed by atoms with Crippen molar-refractivity contribution >= 4 is 0 Å². The molecule has 3 rings (SSSR count). The molecule has 0 radical (unpaired) electrons. The third kappa shape index (κ3) is 6.20. The molecule has 1 N–H and O–H groups in total. The van der Waals surface area contributed by atoms with Gasteiger partial charge in [0.15, 0.2) is 0 Å². The molecular formula is C20H40N2. The van der Waals surface area contributed by atoms with Crippen molar-refractivity contribution in [2.75, 3.05) is 13.1 Å². The molecule has 0 amide bonds. The lowest BCUT2D eigenvalue weighted by molar-refractivity contribution is 0.0380. The van der Waals surface area contributed by atoms with E-state index in [1.54, 1.807) is 0 Å². The van der Waals surface area contributed by atoms with E-state index in [9.17, 15) is 0 Å². The van der Waals surface area contributed by atoms with Gasteiger partial charge in [0.1, 0.15) is 0 Å². The number of nitrogens with one attached hydrogen (secondary N) is 1. The van der Waals surface area contributed by atoms with Crippen LogP contribution < -0.4 is 5.32 Å². The summed E-state index contributed by atoms with van der Waals surface area (Å²) < 4.78 is 0. The lowest BCUT2D eigenvalue weighted by Crippen LogP contribution is -2.68. The highest BCUT2D eigenvalue weighted by Crippen LogP contribution is 2.26. The molecule has 0 aromatic rings. The van der Waals surface area contributed by atoms with Crippen LogP contribution in [-0.4, -0.2) is 36.1 Å². The summed E-state index contributed by atoms with van der Waals surface area (Å²) >= 11 is 0.